The second-order valence-electron chi connectivity index (χ2n) is 4.25. The molecule has 0 unspecified atom stereocenters. The molecule has 1 heterocycles. The average Bonchev–Trinajstić information content (AvgIpc) is 2.41. The van der Waals surface area contributed by atoms with E-state index in [1.807, 2.05) is 6.92 Å². The van der Waals surface area contributed by atoms with E-state index in [1.165, 1.54) is 0 Å². The highest BCUT2D eigenvalue weighted by Gasteiger charge is 2.13. The van der Waals surface area contributed by atoms with Gasteiger partial charge in [0.2, 0.25) is 5.75 Å². The van der Waals surface area contributed by atoms with Crippen LogP contribution in [0.25, 0.3) is 10.9 Å². The molecule has 0 aliphatic carbocycles. The Balaban J connectivity index is 2.47. The van der Waals surface area contributed by atoms with Crippen molar-refractivity contribution in [1.29, 1.82) is 0 Å². The lowest BCUT2D eigenvalue weighted by Crippen LogP contribution is -2.12. The number of fused-ring (bicyclic) bond motifs is 1. The predicted octanol–water partition coefficient (Wildman–Crippen LogP) is 2.42. The Bertz CT molecular complexity index is 633. The van der Waals surface area contributed by atoms with Crippen LogP contribution in [-0.2, 0) is 0 Å². The van der Waals surface area contributed by atoms with Crippen LogP contribution in [0.3, 0.4) is 0 Å². The smallest absolute Gasteiger partial charge is 0.294 e. The third-order valence-electron chi connectivity index (χ3n) is 2.90. The number of aromatic hydroxyl groups is 1. The van der Waals surface area contributed by atoms with Crippen molar-refractivity contribution in [3.63, 3.8) is 0 Å². The summed E-state index contributed by atoms with van der Waals surface area (Å²) in [5.74, 6) is 0.464. The molecule has 0 radical (unpaired) electrons. The number of hydrogen-bond acceptors (Lipinski definition) is 4. The van der Waals surface area contributed by atoms with Gasteiger partial charge < -0.3 is 19.6 Å². The van der Waals surface area contributed by atoms with E-state index in [0.29, 0.717) is 23.3 Å². The van der Waals surface area contributed by atoms with E-state index in [-0.39, 0.29) is 11.5 Å². The second-order valence-corrected chi connectivity index (χ2v) is 4.25. The summed E-state index contributed by atoms with van der Waals surface area (Å²) in [4.78, 5) is 14.5. The molecule has 5 heteroatoms. The summed E-state index contributed by atoms with van der Waals surface area (Å²) in [5, 5.41) is 10.6. The lowest BCUT2D eigenvalue weighted by molar-refractivity contribution is 0.290. The van der Waals surface area contributed by atoms with Crippen molar-refractivity contribution in [3.05, 3.63) is 28.6 Å². The molecule has 19 heavy (non-hydrogen) atoms. The summed E-state index contributed by atoms with van der Waals surface area (Å²) in [6.45, 7) is 2.44. The molecule has 1 aromatic heterocycles. The standard InChI is InChI=1S/C14H17NO4/c1-3-4-7-19-13-12(16)10-6-5-9(18-2)8-11(10)15-14(13)17/h5-6,8H,3-4,7H2,1-2H3,(H2,15,16,17). The fourth-order valence-corrected chi connectivity index (χ4v) is 1.82. The van der Waals surface area contributed by atoms with Crippen LogP contribution in [0.1, 0.15) is 19.8 Å². The number of benzene rings is 1. The topological polar surface area (TPSA) is 71.5 Å². The molecule has 1 aromatic carbocycles. The van der Waals surface area contributed by atoms with Gasteiger partial charge in [-0.2, -0.15) is 0 Å². The highest BCUT2D eigenvalue weighted by molar-refractivity contribution is 5.87. The van der Waals surface area contributed by atoms with Gasteiger partial charge >= 0.3 is 0 Å². The number of H-pyrrole nitrogens is 1. The minimum absolute atomic E-state index is 0.0221. The van der Waals surface area contributed by atoms with Crippen LogP contribution in [0, 0.1) is 0 Å². The minimum Gasteiger partial charge on any atom is -0.504 e. The van der Waals surface area contributed by atoms with Crippen LogP contribution in [-0.4, -0.2) is 23.8 Å². The van der Waals surface area contributed by atoms with E-state index < -0.39 is 5.56 Å². The van der Waals surface area contributed by atoms with Crippen molar-refractivity contribution in [1.82, 2.24) is 4.98 Å². The lowest BCUT2D eigenvalue weighted by Gasteiger charge is -2.09. The summed E-state index contributed by atoms with van der Waals surface area (Å²) in [6.07, 6.45) is 1.79. The van der Waals surface area contributed by atoms with Gasteiger partial charge in [0, 0.05) is 11.5 Å². The van der Waals surface area contributed by atoms with Crippen molar-refractivity contribution >= 4 is 10.9 Å². The summed E-state index contributed by atoms with van der Waals surface area (Å²) in [6, 6.07) is 5.06. The molecule has 0 aliphatic heterocycles. The Kier molecular flexibility index (Phi) is 3.94. The maximum atomic E-state index is 11.9. The van der Waals surface area contributed by atoms with E-state index in [0.717, 1.165) is 12.8 Å². The van der Waals surface area contributed by atoms with E-state index >= 15 is 0 Å². The van der Waals surface area contributed by atoms with Gasteiger partial charge in [-0.3, -0.25) is 4.79 Å². The summed E-state index contributed by atoms with van der Waals surface area (Å²) in [5.41, 5.74) is 0.0825. The van der Waals surface area contributed by atoms with E-state index in [9.17, 15) is 9.90 Å². The average molecular weight is 263 g/mol. The maximum absolute atomic E-state index is 11.9. The molecule has 2 rings (SSSR count). The molecule has 0 fully saturated rings. The van der Waals surface area contributed by atoms with Gasteiger partial charge in [-0.05, 0) is 18.6 Å². The third-order valence-corrected chi connectivity index (χ3v) is 2.90. The van der Waals surface area contributed by atoms with E-state index in [4.69, 9.17) is 9.47 Å². The van der Waals surface area contributed by atoms with Crippen LogP contribution in [0.5, 0.6) is 17.2 Å². The number of aromatic nitrogens is 1. The maximum Gasteiger partial charge on any atom is 0.294 e. The highest BCUT2D eigenvalue weighted by Crippen LogP contribution is 2.31. The van der Waals surface area contributed by atoms with Gasteiger partial charge in [0.1, 0.15) is 5.75 Å². The molecule has 0 atom stereocenters. The predicted molar refractivity (Wildman–Crippen MR) is 73.2 cm³/mol. The van der Waals surface area contributed by atoms with Crippen molar-refractivity contribution in [2.24, 2.45) is 0 Å². The normalized spacial score (nSPS) is 10.6. The van der Waals surface area contributed by atoms with Gasteiger partial charge in [0.15, 0.2) is 5.75 Å². The first kappa shape index (κ1) is 13.3. The molecule has 2 N–H and O–H groups in total. The van der Waals surface area contributed by atoms with Crippen molar-refractivity contribution in [2.75, 3.05) is 13.7 Å². The lowest BCUT2D eigenvalue weighted by atomic mass is 10.2. The third kappa shape index (κ3) is 2.65. The number of methoxy groups -OCH3 is 1. The molecule has 0 bridgehead atoms. The van der Waals surface area contributed by atoms with Crippen molar-refractivity contribution < 1.29 is 14.6 Å². The molecule has 5 nitrogen and oxygen atoms in total. The Morgan fingerprint density at radius 2 is 2.16 bits per heavy atom. The Morgan fingerprint density at radius 1 is 1.37 bits per heavy atom. The molecule has 0 spiro atoms. The zero-order valence-electron chi connectivity index (χ0n) is 11.0. The summed E-state index contributed by atoms with van der Waals surface area (Å²) in [7, 11) is 1.54. The fourth-order valence-electron chi connectivity index (χ4n) is 1.82. The molecule has 102 valence electrons. The number of hydrogen-bond donors (Lipinski definition) is 2. The van der Waals surface area contributed by atoms with Crippen LogP contribution < -0.4 is 15.0 Å². The first-order chi connectivity index (χ1) is 9.17. The number of aromatic amines is 1. The summed E-state index contributed by atoms with van der Waals surface area (Å²) < 4.78 is 10.4. The largest absolute Gasteiger partial charge is 0.504 e. The molecular formula is C14H17NO4. The van der Waals surface area contributed by atoms with E-state index in [1.54, 1.807) is 25.3 Å². The molecular weight excluding hydrogens is 246 g/mol. The fraction of sp³-hybridized carbons (Fsp3) is 0.357. The van der Waals surface area contributed by atoms with Crippen molar-refractivity contribution in [2.45, 2.75) is 19.8 Å². The number of ether oxygens (including phenoxy) is 2. The monoisotopic (exact) mass is 263 g/mol. The van der Waals surface area contributed by atoms with Gasteiger partial charge in [0.25, 0.3) is 5.56 Å². The molecule has 0 amide bonds. The zero-order valence-corrected chi connectivity index (χ0v) is 11.0. The van der Waals surface area contributed by atoms with Gasteiger partial charge in [-0.25, -0.2) is 0 Å². The summed E-state index contributed by atoms with van der Waals surface area (Å²) >= 11 is 0. The molecule has 0 saturated heterocycles. The Labute approximate surface area is 110 Å². The SMILES string of the molecule is CCCCOc1c(O)c2ccc(OC)cc2[nH]c1=O. The van der Waals surface area contributed by atoms with Gasteiger partial charge in [0.05, 0.1) is 19.2 Å². The number of rotatable bonds is 5. The first-order valence-corrected chi connectivity index (χ1v) is 6.23. The Morgan fingerprint density at radius 3 is 2.84 bits per heavy atom. The van der Waals surface area contributed by atoms with E-state index in [2.05, 4.69) is 4.98 Å². The highest BCUT2D eigenvalue weighted by atomic mass is 16.5. The molecule has 0 aliphatic rings. The zero-order chi connectivity index (χ0) is 13.8. The quantitative estimate of drug-likeness (QED) is 0.813. The van der Waals surface area contributed by atoms with Gasteiger partial charge in [-0.1, -0.05) is 13.3 Å². The van der Waals surface area contributed by atoms with Crippen LogP contribution in [0.15, 0.2) is 23.0 Å². The number of pyridine rings is 1. The Hall–Kier alpha value is -2.17. The molecule has 0 saturated carbocycles. The first-order valence-electron chi connectivity index (χ1n) is 6.23. The minimum atomic E-state index is -0.436. The van der Waals surface area contributed by atoms with Crippen molar-refractivity contribution in [3.8, 4) is 17.2 Å². The van der Waals surface area contributed by atoms with Gasteiger partial charge in [-0.15, -0.1) is 0 Å². The number of nitrogens with one attached hydrogen (secondary N) is 1. The van der Waals surface area contributed by atoms with Crippen LogP contribution >= 0.6 is 0 Å². The number of unbranched alkanes of at least 4 members (excludes halogenated alkanes) is 1. The second kappa shape index (κ2) is 5.65. The molecule has 2 aromatic rings. The van der Waals surface area contributed by atoms with Crippen LogP contribution in [0.2, 0.25) is 0 Å². The van der Waals surface area contributed by atoms with Crippen LogP contribution in [0.4, 0.5) is 0 Å².